The summed E-state index contributed by atoms with van der Waals surface area (Å²) in [7, 11) is 0. The molecule has 1 nitrogen and oxygen atoms in total. The normalized spacial score (nSPS) is 16.9. The monoisotopic (exact) mass is 453 g/mol. The fraction of sp³-hybridized carbons (Fsp3) is 0.406. The number of rotatable bonds is 4. The summed E-state index contributed by atoms with van der Waals surface area (Å²) in [4.78, 5) is 5.56. The van der Waals surface area contributed by atoms with E-state index in [2.05, 4.69) is 64.1 Å². The van der Waals surface area contributed by atoms with Gasteiger partial charge in [0.25, 0.3) is 0 Å². The van der Waals surface area contributed by atoms with E-state index in [1.807, 2.05) is 12.1 Å². The van der Waals surface area contributed by atoms with Gasteiger partial charge >= 0.3 is 0 Å². The predicted octanol–water partition coefficient (Wildman–Crippen LogP) is 8.64. The van der Waals surface area contributed by atoms with Gasteiger partial charge in [-0.1, -0.05) is 89.1 Å². The van der Waals surface area contributed by atoms with Crippen LogP contribution in [0.15, 0.2) is 54.6 Å². The highest BCUT2D eigenvalue weighted by atomic mass is 19.1. The first kappa shape index (κ1) is 23.0. The van der Waals surface area contributed by atoms with Crippen molar-refractivity contribution in [3.63, 3.8) is 0 Å². The van der Waals surface area contributed by atoms with Gasteiger partial charge in [0.05, 0.1) is 11.4 Å². The van der Waals surface area contributed by atoms with E-state index in [4.69, 9.17) is 4.98 Å². The summed E-state index contributed by atoms with van der Waals surface area (Å²) < 4.78 is 14.0. The highest BCUT2D eigenvalue weighted by Crippen LogP contribution is 2.52. The number of aryl methyl sites for hydroxylation is 1. The summed E-state index contributed by atoms with van der Waals surface area (Å²) in [6, 6.07) is 16.2. The van der Waals surface area contributed by atoms with Crippen LogP contribution >= 0.6 is 0 Å². The lowest BCUT2D eigenvalue weighted by atomic mass is 9.72. The van der Waals surface area contributed by atoms with E-state index in [1.165, 1.54) is 52.0 Å². The molecule has 1 aromatic heterocycles. The average Bonchev–Trinajstić information content (AvgIpc) is 3.27. The number of aromatic nitrogens is 1. The van der Waals surface area contributed by atoms with Crippen molar-refractivity contribution >= 4 is 6.08 Å². The first-order valence-corrected chi connectivity index (χ1v) is 13.0. The van der Waals surface area contributed by atoms with Crippen LogP contribution in [0.25, 0.3) is 17.2 Å². The largest absolute Gasteiger partial charge is 0.256 e. The van der Waals surface area contributed by atoms with Crippen LogP contribution in [-0.2, 0) is 18.3 Å². The van der Waals surface area contributed by atoms with Gasteiger partial charge in [-0.3, -0.25) is 4.98 Å². The minimum absolute atomic E-state index is 0.0128. The number of hydrogen-bond donors (Lipinski definition) is 0. The Labute approximate surface area is 204 Å². The fourth-order valence-electron chi connectivity index (χ4n) is 6.22. The molecule has 34 heavy (non-hydrogen) atoms. The Kier molecular flexibility index (Phi) is 6.18. The van der Waals surface area contributed by atoms with Gasteiger partial charge in [-0.2, -0.15) is 0 Å². The van der Waals surface area contributed by atoms with Crippen molar-refractivity contribution in [3.05, 3.63) is 94.1 Å². The Balaban J connectivity index is 1.88. The molecule has 2 aliphatic carbocycles. The molecule has 1 saturated carbocycles. The van der Waals surface area contributed by atoms with E-state index in [0.29, 0.717) is 11.8 Å². The zero-order valence-corrected chi connectivity index (χ0v) is 21.0. The van der Waals surface area contributed by atoms with E-state index in [-0.39, 0.29) is 11.2 Å². The van der Waals surface area contributed by atoms with Crippen LogP contribution in [0.4, 0.5) is 4.39 Å². The number of pyridine rings is 1. The molecule has 0 bridgehead atoms. The fourth-order valence-corrected chi connectivity index (χ4v) is 6.22. The molecule has 176 valence electrons. The Bertz CT molecular complexity index is 1210. The van der Waals surface area contributed by atoms with E-state index in [9.17, 15) is 4.39 Å². The van der Waals surface area contributed by atoms with Crippen LogP contribution in [0, 0.1) is 11.7 Å². The smallest absolute Gasteiger partial charge is 0.123 e. The molecule has 1 spiro atoms. The lowest BCUT2D eigenvalue weighted by Gasteiger charge is -2.33. The summed E-state index contributed by atoms with van der Waals surface area (Å²) in [6.45, 7) is 8.93. The molecule has 0 saturated heterocycles. The van der Waals surface area contributed by atoms with Crippen molar-refractivity contribution < 1.29 is 4.39 Å². The molecular formula is C32H36FN. The van der Waals surface area contributed by atoms with Crippen LogP contribution in [0.5, 0.6) is 0 Å². The first-order valence-electron chi connectivity index (χ1n) is 13.0. The van der Waals surface area contributed by atoms with Crippen LogP contribution < -0.4 is 0 Å². The van der Waals surface area contributed by atoms with Crippen molar-refractivity contribution in [2.45, 2.75) is 77.6 Å². The standard InChI is InChI=1S/C32H36FN/c1-21(2)11-17-26-29(24-12-15-25(33)16-13-24)27-18-14-23-9-5-6-10-28(23)32(19-7-8-20-32)31(27)34-30(26)22(3)4/h5-6,9-13,15-17,21-22H,7-8,14,18-20H2,1-4H3/b17-11+. The molecule has 3 aromatic rings. The number of allylic oxidation sites excluding steroid dienone is 1. The van der Waals surface area contributed by atoms with Crippen molar-refractivity contribution in [2.75, 3.05) is 0 Å². The van der Waals surface area contributed by atoms with Crippen LogP contribution in [0.2, 0.25) is 0 Å². The maximum Gasteiger partial charge on any atom is 0.123 e. The molecule has 2 aliphatic rings. The summed E-state index contributed by atoms with van der Waals surface area (Å²) in [5.74, 6) is 0.561. The van der Waals surface area contributed by atoms with Gasteiger partial charge in [0.15, 0.2) is 0 Å². The zero-order valence-electron chi connectivity index (χ0n) is 21.0. The number of halogens is 1. The van der Waals surface area contributed by atoms with E-state index in [1.54, 1.807) is 12.1 Å². The van der Waals surface area contributed by atoms with Crippen molar-refractivity contribution in [2.24, 2.45) is 5.92 Å². The van der Waals surface area contributed by atoms with E-state index >= 15 is 0 Å². The third-order valence-corrected chi connectivity index (χ3v) is 7.78. The summed E-state index contributed by atoms with van der Waals surface area (Å²) >= 11 is 0. The molecule has 0 atom stereocenters. The average molecular weight is 454 g/mol. The molecule has 5 rings (SSSR count). The molecule has 1 heterocycles. The molecule has 0 unspecified atom stereocenters. The molecular weight excluding hydrogens is 417 g/mol. The summed E-state index contributed by atoms with van der Waals surface area (Å²) in [6.07, 6.45) is 11.4. The molecule has 1 fully saturated rings. The number of nitrogens with zero attached hydrogens (tertiary/aromatic N) is 1. The highest BCUT2D eigenvalue weighted by Gasteiger charge is 2.44. The number of fused-ring (bicyclic) bond motifs is 4. The van der Waals surface area contributed by atoms with Gasteiger partial charge < -0.3 is 0 Å². The predicted molar refractivity (Wildman–Crippen MR) is 141 cm³/mol. The minimum Gasteiger partial charge on any atom is -0.256 e. The third-order valence-electron chi connectivity index (χ3n) is 7.78. The third kappa shape index (κ3) is 3.91. The van der Waals surface area contributed by atoms with Crippen LogP contribution in [0.3, 0.4) is 0 Å². The van der Waals surface area contributed by atoms with Crippen molar-refractivity contribution in [3.8, 4) is 11.1 Å². The molecule has 0 N–H and O–H groups in total. The van der Waals surface area contributed by atoms with Crippen LogP contribution in [-0.4, -0.2) is 4.98 Å². The van der Waals surface area contributed by atoms with Gasteiger partial charge in [-0.25, -0.2) is 4.39 Å². The number of benzene rings is 2. The highest BCUT2D eigenvalue weighted by molar-refractivity contribution is 5.81. The van der Waals surface area contributed by atoms with Crippen molar-refractivity contribution in [1.82, 2.24) is 4.98 Å². The molecule has 0 amide bonds. The Morgan fingerprint density at radius 2 is 1.62 bits per heavy atom. The molecule has 2 heteroatoms. The van der Waals surface area contributed by atoms with Gasteiger partial charge in [0.2, 0.25) is 0 Å². The lowest BCUT2D eigenvalue weighted by Crippen LogP contribution is -2.28. The molecule has 2 aromatic carbocycles. The first-order chi connectivity index (χ1) is 16.4. The Hall–Kier alpha value is -2.74. The maximum absolute atomic E-state index is 14.0. The Morgan fingerprint density at radius 3 is 2.29 bits per heavy atom. The maximum atomic E-state index is 14.0. The van der Waals surface area contributed by atoms with Crippen molar-refractivity contribution in [1.29, 1.82) is 0 Å². The second-order valence-corrected chi connectivity index (χ2v) is 10.8. The quantitative estimate of drug-likeness (QED) is 0.385. The molecule has 0 radical (unpaired) electrons. The SMILES string of the molecule is CC(C)/C=C/c1c(C(C)C)nc2c(c1-c1ccc(F)cc1)CCc1ccccc1C21CCCC1. The van der Waals surface area contributed by atoms with E-state index < -0.39 is 0 Å². The number of hydrogen-bond acceptors (Lipinski definition) is 1. The Morgan fingerprint density at radius 1 is 0.912 bits per heavy atom. The van der Waals surface area contributed by atoms with Gasteiger partial charge in [-0.05, 0) is 77.5 Å². The minimum atomic E-state index is -0.188. The lowest BCUT2D eigenvalue weighted by molar-refractivity contribution is 0.511. The second-order valence-electron chi connectivity index (χ2n) is 10.8. The summed E-state index contributed by atoms with van der Waals surface area (Å²) in [5.41, 5.74) is 10.4. The van der Waals surface area contributed by atoms with Crippen LogP contribution in [0.1, 0.15) is 92.9 Å². The zero-order chi connectivity index (χ0) is 23.9. The second kappa shape index (κ2) is 9.13. The van der Waals surface area contributed by atoms with Gasteiger partial charge in [0, 0.05) is 11.0 Å². The molecule has 0 aliphatic heterocycles. The van der Waals surface area contributed by atoms with Gasteiger partial charge in [0.1, 0.15) is 5.82 Å². The van der Waals surface area contributed by atoms with E-state index in [0.717, 1.165) is 31.2 Å². The summed E-state index contributed by atoms with van der Waals surface area (Å²) in [5, 5.41) is 0. The topological polar surface area (TPSA) is 12.9 Å². The van der Waals surface area contributed by atoms with Gasteiger partial charge in [-0.15, -0.1) is 0 Å².